The third-order valence-electron chi connectivity index (χ3n) is 4.97. The zero-order valence-corrected chi connectivity index (χ0v) is 17.4. The number of benzene rings is 2. The van der Waals surface area contributed by atoms with Gasteiger partial charge in [0.25, 0.3) is 5.56 Å². The average Bonchev–Trinajstić information content (AvgIpc) is 2.68. The normalized spacial score (nSPS) is 10.5. The van der Waals surface area contributed by atoms with Crippen LogP contribution in [0.25, 0.3) is 11.1 Å². The van der Waals surface area contributed by atoms with Crippen molar-refractivity contribution in [2.45, 2.75) is 27.2 Å². The number of pyridine rings is 1. The first-order valence-corrected chi connectivity index (χ1v) is 9.45. The number of aryl methyl sites for hydroxylation is 4. The van der Waals surface area contributed by atoms with Gasteiger partial charge in [-0.15, -0.1) is 6.42 Å². The van der Waals surface area contributed by atoms with Gasteiger partial charge >= 0.3 is 0 Å². The van der Waals surface area contributed by atoms with Gasteiger partial charge in [0.15, 0.2) is 0 Å². The van der Waals surface area contributed by atoms with Crippen molar-refractivity contribution < 1.29 is 13.9 Å². The Kier molecular flexibility index (Phi) is 5.89. The minimum absolute atomic E-state index is 0.0344. The first kappa shape index (κ1) is 21.1. The highest BCUT2D eigenvalue weighted by Gasteiger charge is 2.19. The third-order valence-corrected chi connectivity index (χ3v) is 4.97. The van der Waals surface area contributed by atoms with Crippen molar-refractivity contribution in [2.75, 3.05) is 0 Å². The van der Waals surface area contributed by atoms with Crippen LogP contribution in [0.2, 0.25) is 0 Å². The topological polar surface area (TPSA) is 48.3 Å². The maximum absolute atomic E-state index is 13.7. The van der Waals surface area contributed by atoms with Gasteiger partial charge in [0, 0.05) is 36.9 Å². The van der Waals surface area contributed by atoms with Crippen molar-refractivity contribution in [3.63, 3.8) is 0 Å². The summed E-state index contributed by atoms with van der Waals surface area (Å²) in [5.41, 5.74) is 4.04. The summed E-state index contributed by atoms with van der Waals surface area (Å²) in [6, 6.07) is 9.73. The van der Waals surface area contributed by atoms with Crippen molar-refractivity contribution >= 4 is 5.78 Å². The molecule has 0 spiro atoms. The lowest BCUT2D eigenvalue weighted by atomic mass is 9.93. The molecular formula is C25H22FNO3. The summed E-state index contributed by atoms with van der Waals surface area (Å²) in [4.78, 5) is 24.1. The zero-order valence-electron chi connectivity index (χ0n) is 17.4. The Balaban J connectivity index is 2.26. The molecule has 30 heavy (non-hydrogen) atoms. The van der Waals surface area contributed by atoms with Gasteiger partial charge in [0.05, 0.1) is 0 Å². The summed E-state index contributed by atoms with van der Waals surface area (Å²) >= 11 is 0. The molecule has 2 aromatic carbocycles. The van der Waals surface area contributed by atoms with Gasteiger partial charge in [-0.3, -0.25) is 9.59 Å². The van der Waals surface area contributed by atoms with E-state index in [2.05, 4.69) is 5.92 Å². The van der Waals surface area contributed by atoms with Crippen molar-refractivity contribution in [3.05, 3.63) is 81.0 Å². The summed E-state index contributed by atoms with van der Waals surface area (Å²) in [6.07, 6.45) is 7.04. The van der Waals surface area contributed by atoms with E-state index in [0.29, 0.717) is 33.8 Å². The van der Waals surface area contributed by atoms with E-state index in [9.17, 15) is 14.0 Å². The summed E-state index contributed by atoms with van der Waals surface area (Å²) in [5, 5.41) is 0. The lowest BCUT2D eigenvalue weighted by Crippen LogP contribution is -2.16. The second-order valence-corrected chi connectivity index (χ2v) is 7.32. The van der Waals surface area contributed by atoms with Gasteiger partial charge in [0.2, 0.25) is 5.78 Å². The van der Waals surface area contributed by atoms with Crippen LogP contribution in [0.5, 0.6) is 11.5 Å². The van der Waals surface area contributed by atoms with Crippen LogP contribution in [0.4, 0.5) is 4.39 Å². The van der Waals surface area contributed by atoms with E-state index in [0.717, 1.165) is 11.1 Å². The van der Waals surface area contributed by atoms with Crippen LogP contribution in [0.1, 0.15) is 22.3 Å². The minimum Gasteiger partial charge on any atom is -0.456 e. The molecule has 0 aliphatic carbocycles. The molecule has 4 nitrogen and oxygen atoms in total. The standard InChI is InChI=1S/C25H22FNO3/c1-6-20(28)13-18-8-7-9-22(30-25-16(3)10-19(26)11-17(25)4)24(18)21-14-27(5)23(29)12-15(21)2/h1,7-12,14H,13H2,2-5H3. The predicted octanol–water partition coefficient (Wildman–Crippen LogP) is 4.65. The van der Waals surface area contributed by atoms with Crippen molar-refractivity contribution in [1.29, 1.82) is 0 Å². The number of Topliss-reactive ketones (excluding diaryl/α,β-unsaturated/α-hetero) is 1. The van der Waals surface area contributed by atoms with E-state index in [4.69, 9.17) is 11.2 Å². The van der Waals surface area contributed by atoms with Crippen LogP contribution < -0.4 is 10.3 Å². The Morgan fingerprint density at radius 1 is 1.13 bits per heavy atom. The summed E-state index contributed by atoms with van der Waals surface area (Å²) in [6.45, 7) is 5.37. The van der Waals surface area contributed by atoms with Gasteiger partial charge in [-0.2, -0.15) is 0 Å². The highest BCUT2D eigenvalue weighted by Crippen LogP contribution is 2.39. The minimum atomic E-state index is -0.356. The van der Waals surface area contributed by atoms with Gasteiger partial charge in [-0.05, 0) is 67.1 Å². The Morgan fingerprint density at radius 3 is 2.43 bits per heavy atom. The van der Waals surface area contributed by atoms with Crippen LogP contribution in [0, 0.1) is 38.9 Å². The molecule has 0 radical (unpaired) electrons. The maximum atomic E-state index is 13.7. The molecule has 5 heteroatoms. The van der Waals surface area contributed by atoms with Crippen molar-refractivity contribution in [2.24, 2.45) is 7.05 Å². The number of terminal acetylenes is 1. The first-order chi connectivity index (χ1) is 14.2. The van der Waals surface area contributed by atoms with Crippen LogP contribution in [0.15, 0.2) is 47.4 Å². The number of hydrogen-bond acceptors (Lipinski definition) is 3. The van der Waals surface area contributed by atoms with Crippen LogP contribution in [-0.2, 0) is 18.3 Å². The number of carbonyl (C=O) groups is 1. The molecule has 3 rings (SSSR count). The van der Waals surface area contributed by atoms with E-state index >= 15 is 0 Å². The van der Waals surface area contributed by atoms with Crippen molar-refractivity contribution in [1.82, 2.24) is 4.57 Å². The number of ketones is 1. The highest BCUT2D eigenvalue weighted by molar-refractivity contribution is 5.97. The molecule has 0 saturated carbocycles. The second kappa shape index (κ2) is 8.38. The Morgan fingerprint density at radius 2 is 1.80 bits per heavy atom. The largest absolute Gasteiger partial charge is 0.456 e. The smallest absolute Gasteiger partial charge is 0.250 e. The number of rotatable bonds is 5. The van der Waals surface area contributed by atoms with E-state index in [-0.39, 0.29) is 23.6 Å². The molecule has 0 atom stereocenters. The number of aromatic nitrogens is 1. The monoisotopic (exact) mass is 403 g/mol. The summed E-state index contributed by atoms with van der Waals surface area (Å²) in [5.74, 6) is 2.49. The third kappa shape index (κ3) is 4.18. The molecule has 0 saturated heterocycles. The SMILES string of the molecule is C#CC(=O)Cc1cccc(Oc2c(C)cc(F)cc2C)c1-c1cn(C)c(=O)cc1C. The van der Waals surface area contributed by atoms with Gasteiger partial charge in [-0.25, -0.2) is 4.39 Å². The van der Waals surface area contributed by atoms with E-state index in [1.165, 1.54) is 22.8 Å². The molecular weight excluding hydrogens is 381 g/mol. The summed E-state index contributed by atoms with van der Waals surface area (Å²) in [7, 11) is 1.66. The lowest BCUT2D eigenvalue weighted by molar-refractivity contribution is -0.113. The van der Waals surface area contributed by atoms with Crippen molar-refractivity contribution in [3.8, 4) is 35.0 Å². The quantitative estimate of drug-likeness (QED) is 0.460. The fraction of sp³-hybridized carbons (Fsp3) is 0.200. The molecule has 3 aromatic rings. The Hall–Kier alpha value is -3.65. The molecule has 0 amide bonds. The van der Waals surface area contributed by atoms with E-state index in [1.54, 1.807) is 39.2 Å². The Bertz CT molecular complexity index is 1230. The van der Waals surface area contributed by atoms with E-state index < -0.39 is 0 Å². The number of ether oxygens (including phenoxy) is 1. The molecule has 0 aliphatic heterocycles. The predicted molar refractivity (Wildman–Crippen MR) is 115 cm³/mol. The van der Waals surface area contributed by atoms with E-state index in [1.807, 2.05) is 13.0 Å². The average molecular weight is 403 g/mol. The van der Waals surface area contributed by atoms with Crippen LogP contribution in [-0.4, -0.2) is 10.4 Å². The molecule has 0 aliphatic rings. The van der Waals surface area contributed by atoms with Crippen LogP contribution >= 0.6 is 0 Å². The van der Waals surface area contributed by atoms with Gasteiger partial charge in [0.1, 0.15) is 17.3 Å². The van der Waals surface area contributed by atoms with Gasteiger partial charge in [-0.1, -0.05) is 12.1 Å². The molecule has 0 bridgehead atoms. The lowest BCUT2D eigenvalue weighted by Gasteiger charge is -2.19. The number of halogens is 1. The van der Waals surface area contributed by atoms with Crippen LogP contribution in [0.3, 0.4) is 0 Å². The summed E-state index contributed by atoms with van der Waals surface area (Å²) < 4.78 is 21.4. The zero-order chi connectivity index (χ0) is 22.0. The molecule has 1 aromatic heterocycles. The highest BCUT2D eigenvalue weighted by atomic mass is 19.1. The second-order valence-electron chi connectivity index (χ2n) is 7.32. The first-order valence-electron chi connectivity index (χ1n) is 9.45. The molecule has 0 fully saturated rings. The number of carbonyl (C=O) groups excluding carboxylic acids is 1. The Labute approximate surface area is 174 Å². The molecule has 0 N–H and O–H groups in total. The molecule has 0 unspecified atom stereocenters. The molecule has 152 valence electrons. The number of hydrogen-bond donors (Lipinski definition) is 0. The molecule has 1 heterocycles. The maximum Gasteiger partial charge on any atom is 0.250 e. The number of nitrogens with zero attached hydrogens (tertiary/aromatic N) is 1. The van der Waals surface area contributed by atoms with Gasteiger partial charge < -0.3 is 9.30 Å². The fourth-order valence-electron chi connectivity index (χ4n) is 3.49. The fourth-order valence-corrected chi connectivity index (χ4v) is 3.49.